The van der Waals surface area contributed by atoms with Crippen molar-refractivity contribution in [1.29, 1.82) is 0 Å². The summed E-state index contributed by atoms with van der Waals surface area (Å²) in [5, 5.41) is 3.34. The quantitative estimate of drug-likeness (QED) is 0.777. The van der Waals surface area contributed by atoms with Crippen molar-refractivity contribution in [2.45, 2.75) is 51.5 Å². The average Bonchev–Trinajstić information content (AvgIpc) is 3.07. The van der Waals surface area contributed by atoms with Gasteiger partial charge < -0.3 is 5.32 Å². The Balaban J connectivity index is 1.56. The number of nitrogens with one attached hydrogen (secondary N) is 2. The molecule has 1 heterocycles. The summed E-state index contributed by atoms with van der Waals surface area (Å²) in [7, 11) is -3.29. The maximum Gasteiger partial charge on any atom is 0.279 e. The van der Waals surface area contributed by atoms with Gasteiger partial charge in [0.15, 0.2) is 0 Å². The van der Waals surface area contributed by atoms with E-state index in [1.165, 1.54) is 19.3 Å². The van der Waals surface area contributed by atoms with Crippen LogP contribution in [0.25, 0.3) is 0 Å². The summed E-state index contributed by atoms with van der Waals surface area (Å²) in [5.74, 6) is 1.81. The van der Waals surface area contributed by atoms with Gasteiger partial charge in [0.1, 0.15) is 0 Å². The second-order valence-corrected chi connectivity index (χ2v) is 8.78. The Morgan fingerprint density at radius 2 is 2.05 bits per heavy atom. The molecule has 0 aromatic heterocycles. The molecule has 0 aromatic rings. The minimum absolute atomic E-state index is 0.197. The monoisotopic (exact) mass is 315 g/mol. The number of rotatable bonds is 6. The van der Waals surface area contributed by atoms with Crippen LogP contribution in [0.1, 0.15) is 45.4 Å². The zero-order chi connectivity index (χ0) is 14.9. The van der Waals surface area contributed by atoms with Crippen LogP contribution in [0, 0.1) is 17.8 Å². The molecule has 2 saturated carbocycles. The van der Waals surface area contributed by atoms with Gasteiger partial charge in [-0.15, -0.1) is 0 Å². The summed E-state index contributed by atoms with van der Waals surface area (Å²) < 4.78 is 30.0. The van der Waals surface area contributed by atoms with Gasteiger partial charge in [0.05, 0.1) is 0 Å². The fourth-order valence-electron chi connectivity index (χ4n) is 4.42. The predicted molar refractivity (Wildman–Crippen MR) is 84.1 cm³/mol. The molecule has 3 rings (SSSR count). The Bertz CT molecular complexity index is 454. The Hall–Kier alpha value is -0.170. The van der Waals surface area contributed by atoms with E-state index in [4.69, 9.17) is 0 Å². The lowest BCUT2D eigenvalue weighted by Crippen LogP contribution is -2.51. The number of hydrogen-bond donors (Lipinski definition) is 2. The maximum absolute atomic E-state index is 12.6. The summed E-state index contributed by atoms with van der Waals surface area (Å²) in [5.41, 5.74) is 0. The van der Waals surface area contributed by atoms with E-state index in [0.29, 0.717) is 24.9 Å². The van der Waals surface area contributed by atoms with Crippen molar-refractivity contribution >= 4 is 10.2 Å². The lowest BCUT2D eigenvalue weighted by Gasteiger charge is -2.34. The molecule has 2 bridgehead atoms. The SMILES string of the molecule is CCNCC1CCCN(S(=O)(=O)NC2CC3CCC2C3)C1. The average molecular weight is 315 g/mol. The van der Waals surface area contributed by atoms with Crippen LogP contribution in [0.4, 0.5) is 0 Å². The van der Waals surface area contributed by atoms with Crippen LogP contribution in [0.5, 0.6) is 0 Å². The molecule has 21 heavy (non-hydrogen) atoms. The van der Waals surface area contributed by atoms with Crippen molar-refractivity contribution in [1.82, 2.24) is 14.3 Å². The molecule has 1 saturated heterocycles. The zero-order valence-corrected chi connectivity index (χ0v) is 13.9. The summed E-state index contributed by atoms with van der Waals surface area (Å²) in [6.07, 6.45) is 6.91. The number of piperidine rings is 1. The summed E-state index contributed by atoms with van der Waals surface area (Å²) in [6, 6.07) is 0.197. The summed E-state index contributed by atoms with van der Waals surface area (Å²) in [6.45, 7) is 5.32. The van der Waals surface area contributed by atoms with Gasteiger partial charge in [-0.1, -0.05) is 13.3 Å². The minimum atomic E-state index is -3.29. The van der Waals surface area contributed by atoms with Crippen molar-refractivity contribution in [3.8, 4) is 0 Å². The van der Waals surface area contributed by atoms with E-state index in [0.717, 1.165) is 38.3 Å². The molecular formula is C15H29N3O2S. The molecule has 0 amide bonds. The second-order valence-electron chi connectivity index (χ2n) is 7.08. The fourth-order valence-corrected chi connectivity index (χ4v) is 6.01. The van der Waals surface area contributed by atoms with E-state index in [-0.39, 0.29) is 6.04 Å². The van der Waals surface area contributed by atoms with E-state index in [9.17, 15) is 8.42 Å². The van der Waals surface area contributed by atoms with Crippen LogP contribution in [-0.4, -0.2) is 44.9 Å². The first-order valence-corrected chi connectivity index (χ1v) is 10.0. The van der Waals surface area contributed by atoms with Gasteiger partial charge in [0.2, 0.25) is 0 Å². The third-order valence-electron chi connectivity index (χ3n) is 5.54. The van der Waals surface area contributed by atoms with E-state index < -0.39 is 10.2 Å². The zero-order valence-electron chi connectivity index (χ0n) is 13.1. The second kappa shape index (κ2) is 6.52. The van der Waals surface area contributed by atoms with Gasteiger partial charge >= 0.3 is 0 Å². The van der Waals surface area contributed by atoms with Crippen molar-refractivity contribution < 1.29 is 8.42 Å². The van der Waals surface area contributed by atoms with Gasteiger partial charge in [-0.25, -0.2) is 0 Å². The highest BCUT2D eigenvalue weighted by atomic mass is 32.2. The van der Waals surface area contributed by atoms with E-state index in [1.807, 2.05) is 0 Å². The summed E-state index contributed by atoms with van der Waals surface area (Å²) in [4.78, 5) is 0. The van der Waals surface area contributed by atoms with E-state index in [1.54, 1.807) is 4.31 Å². The third-order valence-corrected chi connectivity index (χ3v) is 7.16. The molecule has 0 radical (unpaired) electrons. The molecule has 2 aliphatic carbocycles. The van der Waals surface area contributed by atoms with Crippen LogP contribution in [-0.2, 0) is 10.2 Å². The van der Waals surface area contributed by atoms with Crippen molar-refractivity contribution in [3.63, 3.8) is 0 Å². The van der Waals surface area contributed by atoms with Crippen LogP contribution in [0.15, 0.2) is 0 Å². The molecule has 4 atom stereocenters. The molecule has 122 valence electrons. The van der Waals surface area contributed by atoms with Crippen LogP contribution in [0.3, 0.4) is 0 Å². The van der Waals surface area contributed by atoms with E-state index >= 15 is 0 Å². The van der Waals surface area contributed by atoms with Gasteiger partial charge in [-0.05, 0) is 62.9 Å². The van der Waals surface area contributed by atoms with Gasteiger partial charge in [-0.2, -0.15) is 17.4 Å². The Morgan fingerprint density at radius 3 is 2.71 bits per heavy atom. The van der Waals surface area contributed by atoms with Crippen molar-refractivity contribution in [2.24, 2.45) is 17.8 Å². The Morgan fingerprint density at radius 1 is 1.19 bits per heavy atom. The molecule has 5 nitrogen and oxygen atoms in total. The number of nitrogens with zero attached hydrogens (tertiary/aromatic N) is 1. The topological polar surface area (TPSA) is 61.4 Å². The van der Waals surface area contributed by atoms with Gasteiger partial charge in [0.25, 0.3) is 10.2 Å². The first kappa shape index (κ1) is 15.7. The number of hydrogen-bond acceptors (Lipinski definition) is 3. The van der Waals surface area contributed by atoms with Crippen LogP contribution >= 0.6 is 0 Å². The lowest BCUT2D eigenvalue weighted by molar-refractivity contribution is 0.255. The molecule has 0 aromatic carbocycles. The Labute approximate surface area is 129 Å². The normalized spacial score (nSPS) is 37.2. The minimum Gasteiger partial charge on any atom is -0.317 e. The first-order valence-electron chi connectivity index (χ1n) is 8.56. The van der Waals surface area contributed by atoms with Crippen molar-refractivity contribution in [2.75, 3.05) is 26.2 Å². The van der Waals surface area contributed by atoms with Gasteiger partial charge in [0, 0.05) is 19.1 Å². The smallest absolute Gasteiger partial charge is 0.279 e. The maximum atomic E-state index is 12.6. The fraction of sp³-hybridized carbons (Fsp3) is 1.00. The standard InChI is InChI=1S/C15H29N3O2S/c1-2-16-10-13-4-3-7-18(11-13)21(19,20)17-15-9-12-5-6-14(15)8-12/h12-17H,2-11H2,1H3. The summed E-state index contributed by atoms with van der Waals surface area (Å²) >= 11 is 0. The molecule has 2 N–H and O–H groups in total. The molecule has 0 spiro atoms. The van der Waals surface area contributed by atoms with E-state index in [2.05, 4.69) is 17.0 Å². The highest BCUT2D eigenvalue weighted by molar-refractivity contribution is 7.87. The van der Waals surface area contributed by atoms with Crippen LogP contribution in [0.2, 0.25) is 0 Å². The Kier molecular flexibility index (Phi) is 4.88. The largest absolute Gasteiger partial charge is 0.317 e. The number of fused-ring (bicyclic) bond motifs is 2. The molecular weight excluding hydrogens is 286 g/mol. The first-order chi connectivity index (χ1) is 10.1. The van der Waals surface area contributed by atoms with Gasteiger partial charge in [-0.3, -0.25) is 0 Å². The highest BCUT2D eigenvalue weighted by Crippen LogP contribution is 2.44. The molecule has 4 unspecified atom stereocenters. The predicted octanol–water partition coefficient (Wildman–Crippen LogP) is 1.33. The third kappa shape index (κ3) is 3.60. The molecule has 1 aliphatic heterocycles. The van der Waals surface area contributed by atoms with Crippen molar-refractivity contribution in [3.05, 3.63) is 0 Å². The molecule has 3 fully saturated rings. The highest BCUT2D eigenvalue weighted by Gasteiger charge is 2.42. The molecule has 3 aliphatic rings. The van der Waals surface area contributed by atoms with Crippen LogP contribution < -0.4 is 10.0 Å². The lowest BCUT2D eigenvalue weighted by atomic mass is 9.96. The molecule has 6 heteroatoms.